The summed E-state index contributed by atoms with van der Waals surface area (Å²) in [5.74, 6) is -0.242. The van der Waals surface area contributed by atoms with E-state index in [-0.39, 0.29) is 11.5 Å². The van der Waals surface area contributed by atoms with Crippen LogP contribution in [0.25, 0.3) is 6.08 Å². The maximum absolute atomic E-state index is 13.2. The number of rotatable bonds is 8. The number of Topliss-reactive ketones (excluding diaryl/α,β-unsaturated/α-hetero) is 1. The summed E-state index contributed by atoms with van der Waals surface area (Å²) in [7, 11) is 3.00. The minimum atomic E-state index is -0.565. The summed E-state index contributed by atoms with van der Waals surface area (Å²) in [6.07, 6.45) is 1.51. The smallest absolute Gasteiger partial charge is 0.272 e. The van der Waals surface area contributed by atoms with E-state index in [1.807, 2.05) is 0 Å². The first-order valence-electron chi connectivity index (χ1n) is 10.1. The van der Waals surface area contributed by atoms with Crippen LogP contribution in [0.1, 0.15) is 33.2 Å². The van der Waals surface area contributed by atoms with Crippen LogP contribution in [0.15, 0.2) is 78.5 Å². The monoisotopic (exact) mass is 444 g/mol. The Morgan fingerprint density at radius 2 is 1.52 bits per heavy atom. The molecule has 2 N–H and O–H groups in total. The van der Waals surface area contributed by atoms with Crippen LogP contribution in [0.2, 0.25) is 0 Å². The Bertz CT molecular complexity index is 1200. The normalized spacial score (nSPS) is 10.8. The highest BCUT2D eigenvalue weighted by Crippen LogP contribution is 2.32. The highest BCUT2D eigenvalue weighted by molar-refractivity contribution is 6.11. The topological polar surface area (TPSA) is 93.7 Å². The van der Waals surface area contributed by atoms with Gasteiger partial charge in [0.15, 0.2) is 17.3 Å². The number of hydrogen-bond acceptors (Lipinski definition) is 5. The number of benzene rings is 3. The lowest BCUT2D eigenvalue weighted by atomic mass is 10.1. The fourth-order valence-electron chi connectivity index (χ4n) is 3.14. The van der Waals surface area contributed by atoms with Crippen molar-refractivity contribution >= 4 is 29.4 Å². The fraction of sp³-hybridized carbons (Fsp3) is 0.115. The molecule has 33 heavy (non-hydrogen) atoms. The van der Waals surface area contributed by atoms with Crippen LogP contribution in [0.5, 0.6) is 11.5 Å². The zero-order valence-corrected chi connectivity index (χ0v) is 18.5. The lowest BCUT2D eigenvalue weighted by Gasteiger charge is -2.14. The highest BCUT2D eigenvalue weighted by Gasteiger charge is 2.17. The molecule has 168 valence electrons. The maximum Gasteiger partial charge on any atom is 0.272 e. The number of amides is 2. The minimum absolute atomic E-state index is 0.0105. The van der Waals surface area contributed by atoms with Crippen molar-refractivity contribution in [3.8, 4) is 11.5 Å². The first-order chi connectivity index (χ1) is 15.9. The largest absolute Gasteiger partial charge is 0.493 e. The highest BCUT2D eigenvalue weighted by atomic mass is 16.5. The van der Waals surface area contributed by atoms with Gasteiger partial charge in [0.1, 0.15) is 5.70 Å². The van der Waals surface area contributed by atoms with Crippen molar-refractivity contribution < 1.29 is 23.9 Å². The van der Waals surface area contributed by atoms with Gasteiger partial charge in [-0.2, -0.15) is 0 Å². The molecule has 0 bridgehead atoms. The van der Waals surface area contributed by atoms with Crippen molar-refractivity contribution in [1.29, 1.82) is 0 Å². The summed E-state index contributed by atoms with van der Waals surface area (Å²) < 4.78 is 10.8. The number of ketones is 1. The molecular formula is C26H24N2O5. The lowest BCUT2D eigenvalue weighted by molar-refractivity contribution is -0.113. The quantitative estimate of drug-likeness (QED) is 0.399. The molecule has 0 atom stereocenters. The van der Waals surface area contributed by atoms with E-state index in [0.29, 0.717) is 33.9 Å². The molecule has 0 aliphatic rings. The molecule has 0 unspecified atom stereocenters. The van der Waals surface area contributed by atoms with E-state index >= 15 is 0 Å². The maximum atomic E-state index is 13.2. The van der Waals surface area contributed by atoms with Crippen LogP contribution in [0, 0.1) is 0 Å². The Balaban J connectivity index is 1.99. The number of carbonyl (C=O) groups excluding carboxylic acids is 3. The van der Waals surface area contributed by atoms with Gasteiger partial charge in [0.2, 0.25) is 0 Å². The third-order valence-electron chi connectivity index (χ3n) is 4.79. The van der Waals surface area contributed by atoms with E-state index in [9.17, 15) is 14.4 Å². The third-order valence-corrected chi connectivity index (χ3v) is 4.79. The van der Waals surface area contributed by atoms with Gasteiger partial charge in [0.25, 0.3) is 11.8 Å². The van der Waals surface area contributed by atoms with Gasteiger partial charge in [-0.3, -0.25) is 14.4 Å². The molecule has 0 saturated heterocycles. The molecule has 3 aromatic carbocycles. The number of para-hydroxylation sites is 1. The van der Waals surface area contributed by atoms with Crippen LogP contribution in [-0.4, -0.2) is 31.8 Å². The molecular weight excluding hydrogens is 420 g/mol. The number of carbonyl (C=O) groups is 3. The molecule has 7 heteroatoms. The van der Waals surface area contributed by atoms with E-state index in [2.05, 4.69) is 10.6 Å². The first kappa shape index (κ1) is 23.3. The van der Waals surface area contributed by atoms with Gasteiger partial charge in [-0.15, -0.1) is 0 Å². The second-order valence-electron chi connectivity index (χ2n) is 7.05. The van der Waals surface area contributed by atoms with Gasteiger partial charge in [-0.25, -0.2) is 0 Å². The number of nitrogens with one attached hydrogen (secondary N) is 2. The van der Waals surface area contributed by atoms with Gasteiger partial charge < -0.3 is 20.1 Å². The van der Waals surface area contributed by atoms with Crippen LogP contribution >= 0.6 is 0 Å². The van der Waals surface area contributed by atoms with Gasteiger partial charge in [-0.1, -0.05) is 42.5 Å². The van der Waals surface area contributed by atoms with Crippen molar-refractivity contribution in [3.05, 3.63) is 95.2 Å². The van der Waals surface area contributed by atoms with Gasteiger partial charge in [-0.05, 0) is 43.3 Å². The average Bonchev–Trinajstić information content (AvgIpc) is 2.83. The molecule has 0 spiro atoms. The molecule has 0 aromatic heterocycles. The molecule has 0 aliphatic carbocycles. The Labute approximate surface area is 192 Å². The number of anilines is 1. The SMILES string of the molecule is COc1cccc(C=C(NC(=O)c2ccccc2)C(=O)Nc2cccc(C(C)=O)c2)c1OC. The van der Waals surface area contributed by atoms with E-state index < -0.39 is 11.8 Å². The van der Waals surface area contributed by atoms with Crippen molar-refractivity contribution in [2.75, 3.05) is 19.5 Å². The summed E-state index contributed by atoms with van der Waals surface area (Å²) >= 11 is 0. The summed E-state index contributed by atoms with van der Waals surface area (Å²) in [5, 5.41) is 5.41. The van der Waals surface area contributed by atoms with Crippen LogP contribution in [-0.2, 0) is 4.79 Å². The van der Waals surface area contributed by atoms with E-state index in [4.69, 9.17) is 9.47 Å². The molecule has 3 aromatic rings. The predicted molar refractivity (Wildman–Crippen MR) is 127 cm³/mol. The summed E-state index contributed by atoms with van der Waals surface area (Å²) in [5.41, 5.74) is 1.80. The second-order valence-corrected chi connectivity index (χ2v) is 7.05. The van der Waals surface area contributed by atoms with Crippen molar-refractivity contribution in [3.63, 3.8) is 0 Å². The molecule has 0 saturated carbocycles. The van der Waals surface area contributed by atoms with Crippen LogP contribution in [0.3, 0.4) is 0 Å². The Kier molecular flexibility index (Phi) is 7.60. The Morgan fingerprint density at radius 1 is 0.818 bits per heavy atom. The average molecular weight is 444 g/mol. The Hall–Kier alpha value is -4.39. The van der Waals surface area contributed by atoms with E-state index in [1.165, 1.54) is 27.2 Å². The lowest BCUT2D eigenvalue weighted by Crippen LogP contribution is -2.30. The standard InChI is InChI=1S/C26H24N2O5/c1-17(29)19-11-7-13-21(15-19)27-26(31)22(28-25(30)18-9-5-4-6-10-18)16-20-12-8-14-23(32-2)24(20)33-3/h4-16H,1-3H3,(H,27,31)(H,28,30). The van der Waals surface area contributed by atoms with Crippen molar-refractivity contribution in [2.45, 2.75) is 6.92 Å². The molecule has 0 radical (unpaired) electrons. The third kappa shape index (κ3) is 5.86. The molecule has 0 fully saturated rings. The first-order valence-corrected chi connectivity index (χ1v) is 10.1. The van der Waals surface area contributed by atoms with Crippen molar-refractivity contribution in [1.82, 2.24) is 5.32 Å². The predicted octanol–water partition coefficient (Wildman–Crippen LogP) is 4.32. The summed E-state index contributed by atoms with van der Waals surface area (Å²) in [4.78, 5) is 37.6. The van der Waals surface area contributed by atoms with Gasteiger partial charge >= 0.3 is 0 Å². The number of methoxy groups -OCH3 is 2. The van der Waals surface area contributed by atoms with E-state index in [1.54, 1.807) is 72.8 Å². The number of ether oxygens (including phenoxy) is 2. The summed E-state index contributed by atoms with van der Waals surface area (Å²) in [6, 6.07) is 20.3. The van der Waals surface area contributed by atoms with Crippen LogP contribution < -0.4 is 20.1 Å². The van der Waals surface area contributed by atoms with E-state index in [0.717, 1.165) is 0 Å². The number of hydrogen-bond donors (Lipinski definition) is 2. The molecule has 0 heterocycles. The molecule has 3 rings (SSSR count). The molecule has 7 nitrogen and oxygen atoms in total. The zero-order valence-electron chi connectivity index (χ0n) is 18.5. The van der Waals surface area contributed by atoms with Gasteiger partial charge in [0, 0.05) is 22.4 Å². The summed E-state index contributed by atoms with van der Waals surface area (Å²) in [6.45, 7) is 1.45. The Morgan fingerprint density at radius 3 is 2.18 bits per heavy atom. The van der Waals surface area contributed by atoms with Gasteiger partial charge in [0.05, 0.1) is 14.2 Å². The molecule has 0 aliphatic heterocycles. The molecule has 2 amide bonds. The minimum Gasteiger partial charge on any atom is -0.493 e. The van der Waals surface area contributed by atoms with Crippen molar-refractivity contribution in [2.24, 2.45) is 0 Å². The fourth-order valence-corrected chi connectivity index (χ4v) is 3.14. The van der Waals surface area contributed by atoms with Crippen LogP contribution in [0.4, 0.5) is 5.69 Å². The zero-order chi connectivity index (χ0) is 23.8. The second kappa shape index (κ2) is 10.8.